The molecule has 0 saturated heterocycles. The summed E-state index contributed by atoms with van der Waals surface area (Å²) in [5.41, 5.74) is 2.00. The van der Waals surface area contributed by atoms with Gasteiger partial charge >= 0.3 is 11.9 Å². The number of aromatic nitrogens is 1. The fourth-order valence-corrected chi connectivity index (χ4v) is 2.96. The fraction of sp³-hybridized carbons (Fsp3) is 0.318. The molecule has 0 aliphatic rings. The molecule has 31 heavy (non-hydrogen) atoms. The van der Waals surface area contributed by atoms with Crippen molar-refractivity contribution in [1.82, 2.24) is 4.98 Å². The maximum absolute atomic E-state index is 12.8. The molecule has 1 aromatic carbocycles. The van der Waals surface area contributed by atoms with E-state index in [4.69, 9.17) is 14.7 Å². The van der Waals surface area contributed by atoms with Gasteiger partial charge in [0.05, 0.1) is 29.5 Å². The Kier molecular flexibility index (Phi) is 7.69. The van der Waals surface area contributed by atoms with Gasteiger partial charge in [0.15, 0.2) is 6.10 Å². The molecule has 0 unspecified atom stereocenters. The van der Waals surface area contributed by atoms with Crippen molar-refractivity contribution in [3.8, 4) is 6.07 Å². The molecule has 0 radical (unpaired) electrons. The van der Waals surface area contributed by atoms with Crippen molar-refractivity contribution in [1.29, 1.82) is 5.26 Å². The molecule has 1 heterocycles. The molecule has 0 saturated carbocycles. The first-order valence-corrected chi connectivity index (χ1v) is 9.57. The molecule has 0 bridgehead atoms. The summed E-state index contributed by atoms with van der Waals surface area (Å²) >= 11 is 0. The molecular weight excluding hydrogens is 402 g/mol. The molecule has 0 aliphatic carbocycles. The van der Waals surface area contributed by atoms with Crippen molar-refractivity contribution < 1.29 is 28.7 Å². The van der Waals surface area contributed by atoms with Crippen LogP contribution in [0.1, 0.15) is 62.7 Å². The Labute approximate surface area is 179 Å². The Hall–Kier alpha value is -3.93. The fourth-order valence-electron chi connectivity index (χ4n) is 2.96. The maximum Gasteiger partial charge on any atom is 0.340 e. The Morgan fingerprint density at radius 3 is 2.35 bits per heavy atom. The summed E-state index contributed by atoms with van der Waals surface area (Å²) in [6, 6.07) is 7.58. The Balaban J connectivity index is 2.09. The first-order chi connectivity index (χ1) is 14.7. The summed E-state index contributed by atoms with van der Waals surface area (Å²) in [6.45, 7) is 6.62. The summed E-state index contributed by atoms with van der Waals surface area (Å²) in [7, 11) is 0. The van der Waals surface area contributed by atoms with E-state index in [1.54, 1.807) is 26.8 Å². The second-order valence-corrected chi connectivity index (χ2v) is 6.72. The van der Waals surface area contributed by atoms with Gasteiger partial charge in [-0.1, -0.05) is 0 Å². The summed E-state index contributed by atoms with van der Waals surface area (Å²) in [5.74, 6) is -2.19. The van der Waals surface area contributed by atoms with Gasteiger partial charge in [0, 0.05) is 11.4 Å². The van der Waals surface area contributed by atoms with Gasteiger partial charge in [0.1, 0.15) is 6.42 Å². The summed E-state index contributed by atoms with van der Waals surface area (Å²) < 4.78 is 10.3. The second-order valence-electron chi connectivity index (χ2n) is 6.72. The number of nitriles is 1. The lowest BCUT2D eigenvalue weighted by Crippen LogP contribution is -2.25. The third-order valence-corrected chi connectivity index (χ3v) is 4.46. The van der Waals surface area contributed by atoms with Crippen molar-refractivity contribution >= 4 is 29.3 Å². The predicted octanol–water partition coefficient (Wildman–Crippen LogP) is 3.09. The average Bonchev–Trinajstić information content (AvgIpc) is 3.02. The monoisotopic (exact) mass is 425 g/mol. The van der Waals surface area contributed by atoms with Crippen LogP contribution in [0.4, 0.5) is 5.69 Å². The van der Waals surface area contributed by atoms with Crippen LogP contribution < -0.4 is 5.32 Å². The zero-order chi connectivity index (χ0) is 23.1. The highest BCUT2D eigenvalue weighted by Gasteiger charge is 2.27. The van der Waals surface area contributed by atoms with Crippen LogP contribution in [0, 0.1) is 25.2 Å². The van der Waals surface area contributed by atoms with E-state index in [2.05, 4.69) is 10.3 Å². The Bertz CT molecular complexity index is 1050. The third kappa shape index (κ3) is 5.57. The molecule has 2 aromatic rings. The number of hydrogen-bond acceptors (Lipinski definition) is 7. The van der Waals surface area contributed by atoms with Crippen LogP contribution >= 0.6 is 0 Å². The summed E-state index contributed by atoms with van der Waals surface area (Å²) in [5, 5.41) is 11.0. The molecule has 2 rings (SSSR count). The molecule has 0 spiro atoms. The number of anilines is 1. The van der Waals surface area contributed by atoms with E-state index in [9.17, 15) is 19.2 Å². The van der Waals surface area contributed by atoms with E-state index in [-0.39, 0.29) is 29.8 Å². The second kappa shape index (κ2) is 10.2. The lowest BCUT2D eigenvalue weighted by molar-refractivity contribution is -0.115. The van der Waals surface area contributed by atoms with Crippen LogP contribution in [0.15, 0.2) is 24.3 Å². The maximum atomic E-state index is 12.8. The van der Waals surface area contributed by atoms with E-state index in [0.717, 1.165) is 0 Å². The number of ketones is 1. The van der Waals surface area contributed by atoms with Crippen LogP contribution in [0.2, 0.25) is 0 Å². The van der Waals surface area contributed by atoms with Crippen molar-refractivity contribution in [2.24, 2.45) is 0 Å². The molecule has 0 fully saturated rings. The zero-order valence-electron chi connectivity index (χ0n) is 17.7. The van der Waals surface area contributed by atoms with Crippen molar-refractivity contribution in [2.45, 2.75) is 40.2 Å². The van der Waals surface area contributed by atoms with Gasteiger partial charge in [-0.05, 0) is 57.5 Å². The Morgan fingerprint density at radius 1 is 1.13 bits per heavy atom. The highest BCUT2D eigenvalue weighted by Crippen LogP contribution is 2.21. The minimum Gasteiger partial charge on any atom is -0.462 e. The number of benzene rings is 1. The highest BCUT2D eigenvalue weighted by atomic mass is 16.5. The van der Waals surface area contributed by atoms with Gasteiger partial charge in [0.25, 0.3) is 0 Å². The predicted molar refractivity (Wildman–Crippen MR) is 111 cm³/mol. The molecule has 1 aromatic heterocycles. The number of rotatable bonds is 8. The molecule has 1 amide bonds. The smallest absolute Gasteiger partial charge is 0.340 e. The number of aryl methyl sites for hydroxylation is 1. The van der Waals surface area contributed by atoms with Gasteiger partial charge in [-0.3, -0.25) is 9.59 Å². The van der Waals surface area contributed by atoms with E-state index in [1.165, 1.54) is 31.2 Å². The molecular formula is C22H23N3O6. The van der Waals surface area contributed by atoms with E-state index in [0.29, 0.717) is 16.9 Å². The van der Waals surface area contributed by atoms with Gasteiger partial charge in [-0.25, -0.2) is 9.59 Å². The van der Waals surface area contributed by atoms with E-state index >= 15 is 0 Å². The molecule has 0 aliphatic heterocycles. The third-order valence-electron chi connectivity index (χ3n) is 4.46. The molecule has 9 nitrogen and oxygen atoms in total. The number of carbonyl (C=O) groups excluding carboxylic acids is 4. The van der Waals surface area contributed by atoms with Crippen LogP contribution in [0.3, 0.4) is 0 Å². The van der Waals surface area contributed by atoms with Gasteiger partial charge in [-0.15, -0.1) is 0 Å². The largest absolute Gasteiger partial charge is 0.462 e. The van der Waals surface area contributed by atoms with E-state index < -0.39 is 29.7 Å². The molecule has 162 valence electrons. The van der Waals surface area contributed by atoms with Crippen LogP contribution in [-0.2, 0) is 14.3 Å². The lowest BCUT2D eigenvalue weighted by Gasteiger charge is -2.12. The number of nitrogens with one attached hydrogen (secondary N) is 2. The van der Waals surface area contributed by atoms with Crippen molar-refractivity contribution in [2.75, 3.05) is 11.9 Å². The normalized spacial score (nSPS) is 11.2. The number of nitrogens with zero attached hydrogens (tertiary/aromatic N) is 1. The lowest BCUT2D eigenvalue weighted by atomic mass is 10.1. The molecule has 2 N–H and O–H groups in total. The zero-order valence-corrected chi connectivity index (χ0v) is 17.7. The number of hydrogen-bond donors (Lipinski definition) is 2. The van der Waals surface area contributed by atoms with Gasteiger partial charge < -0.3 is 19.8 Å². The van der Waals surface area contributed by atoms with Gasteiger partial charge in [-0.2, -0.15) is 5.26 Å². The number of aromatic amines is 1. The molecule has 9 heteroatoms. The summed E-state index contributed by atoms with van der Waals surface area (Å²) in [4.78, 5) is 51.6. The van der Waals surface area contributed by atoms with Crippen LogP contribution in [0.5, 0.6) is 0 Å². The number of ether oxygens (including phenoxy) is 2. The minimum atomic E-state index is -1.10. The quantitative estimate of drug-likeness (QED) is 0.489. The summed E-state index contributed by atoms with van der Waals surface area (Å²) in [6.07, 6.45) is -1.38. The number of Topliss-reactive ketones (excluding diaryl/α,β-unsaturated/α-hetero) is 1. The van der Waals surface area contributed by atoms with Crippen molar-refractivity contribution in [3.05, 3.63) is 52.3 Å². The minimum absolute atomic E-state index is 0.177. The van der Waals surface area contributed by atoms with Crippen LogP contribution in [-0.4, -0.2) is 41.3 Å². The topological polar surface area (TPSA) is 138 Å². The average molecular weight is 425 g/mol. The SMILES string of the molecule is CCOC(=O)c1c(C)[nH]c(C(=O)[C@@H](C)OC(=O)c2ccc(NC(=O)CC#N)cc2)c1C. The first-order valence-electron chi connectivity index (χ1n) is 9.57. The number of H-pyrrole nitrogens is 1. The highest BCUT2D eigenvalue weighted by molar-refractivity contribution is 6.04. The van der Waals surface area contributed by atoms with E-state index in [1.807, 2.05) is 0 Å². The van der Waals surface area contributed by atoms with Crippen LogP contribution in [0.25, 0.3) is 0 Å². The first kappa shape index (κ1) is 23.3. The molecule has 1 atom stereocenters. The van der Waals surface area contributed by atoms with Crippen molar-refractivity contribution in [3.63, 3.8) is 0 Å². The number of esters is 2. The number of carbonyl (C=O) groups is 4. The standard InChI is InChI=1S/C22H23N3O6/c1-5-30-22(29)18-12(2)19(24-13(18)3)20(27)14(4)31-21(28)15-6-8-16(9-7-15)25-17(26)10-11-23/h6-9,14,24H,5,10H2,1-4H3,(H,25,26)/t14-/m1/s1. The Morgan fingerprint density at radius 2 is 1.77 bits per heavy atom. The number of amides is 1. The van der Waals surface area contributed by atoms with Gasteiger partial charge in [0.2, 0.25) is 11.7 Å².